The van der Waals surface area contributed by atoms with E-state index in [2.05, 4.69) is 26.1 Å². The Labute approximate surface area is 112 Å². The summed E-state index contributed by atoms with van der Waals surface area (Å²) in [5, 5.41) is 3.64. The number of ether oxygens (including phenoxy) is 2. The zero-order chi connectivity index (χ0) is 13.2. The molecule has 1 N–H and O–H groups in total. The maximum atomic E-state index is 5.94. The summed E-state index contributed by atoms with van der Waals surface area (Å²) < 4.78 is 11.4. The number of hydrogen-bond donors (Lipinski definition) is 1. The van der Waals surface area contributed by atoms with Crippen LogP contribution in [0.4, 0.5) is 0 Å². The topological polar surface area (TPSA) is 30.5 Å². The Balaban J connectivity index is 2.69. The van der Waals surface area contributed by atoms with Gasteiger partial charge in [-0.3, -0.25) is 0 Å². The van der Waals surface area contributed by atoms with Crippen LogP contribution in [0.2, 0.25) is 0 Å². The van der Waals surface area contributed by atoms with Crippen molar-refractivity contribution in [2.24, 2.45) is 0 Å². The zero-order valence-electron chi connectivity index (χ0n) is 12.2. The number of rotatable bonds is 9. The van der Waals surface area contributed by atoms with Gasteiger partial charge in [0.1, 0.15) is 0 Å². The molecule has 0 spiro atoms. The smallest absolute Gasteiger partial charge is 0.0876 e. The van der Waals surface area contributed by atoms with Crippen LogP contribution in [0.5, 0.6) is 0 Å². The van der Waals surface area contributed by atoms with Gasteiger partial charge >= 0.3 is 0 Å². The predicted molar refractivity (Wildman–Crippen MR) is 75.7 cm³/mol. The standard InChI is InChI=1S/C15H29NO2/c1-4-8-14(18-6-3)15(16-10-5-2)13-9-7-11-17-12-13/h12,14-16H,4-11H2,1-3H3. The van der Waals surface area contributed by atoms with E-state index in [0.717, 1.165) is 51.9 Å². The molecule has 0 amide bonds. The van der Waals surface area contributed by atoms with Crippen LogP contribution in [-0.4, -0.2) is 31.9 Å². The number of nitrogens with one attached hydrogen (secondary N) is 1. The molecule has 0 saturated heterocycles. The van der Waals surface area contributed by atoms with E-state index >= 15 is 0 Å². The average molecular weight is 255 g/mol. The van der Waals surface area contributed by atoms with Crippen molar-refractivity contribution < 1.29 is 9.47 Å². The lowest BCUT2D eigenvalue weighted by atomic mass is 9.94. The van der Waals surface area contributed by atoms with Crippen molar-refractivity contribution >= 4 is 0 Å². The third-order valence-corrected chi connectivity index (χ3v) is 3.30. The van der Waals surface area contributed by atoms with Gasteiger partial charge in [-0.25, -0.2) is 0 Å². The molecule has 0 aromatic carbocycles. The summed E-state index contributed by atoms with van der Waals surface area (Å²) in [6.45, 7) is 9.17. The highest BCUT2D eigenvalue weighted by Crippen LogP contribution is 2.22. The summed E-state index contributed by atoms with van der Waals surface area (Å²) >= 11 is 0. The summed E-state index contributed by atoms with van der Waals surface area (Å²) in [5.41, 5.74) is 1.38. The Morgan fingerprint density at radius 3 is 2.72 bits per heavy atom. The van der Waals surface area contributed by atoms with Crippen molar-refractivity contribution in [2.75, 3.05) is 19.8 Å². The van der Waals surface area contributed by atoms with E-state index in [1.165, 1.54) is 5.57 Å². The molecule has 18 heavy (non-hydrogen) atoms. The maximum absolute atomic E-state index is 5.94. The molecule has 1 aliphatic heterocycles. The van der Waals surface area contributed by atoms with Crippen molar-refractivity contribution in [2.45, 2.75) is 65.0 Å². The van der Waals surface area contributed by atoms with Crippen LogP contribution in [-0.2, 0) is 9.47 Å². The highest BCUT2D eigenvalue weighted by atomic mass is 16.5. The molecule has 1 heterocycles. The molecular weight excluding hydrogens is 226 g/mol. The molecule has 106 valence electrons. The van der Waals surface area contributed by atoms with Crippen molar-refractivity contribution in [3.63, 3.8) is 0 Å². The molecule has 3 nitrogen and oxygen atoms in total. The van der Waals surface area contributed by atoms with Gasteiger partial charge in [-0.05, 0) is 44.7 Å². The Bertz CT molecular complexity index is 235. The second kappa shape index (κ2) is 9.40. The van der Waals surface area contributed by atoms with Gasteiger partial charge in [-0.15, -0.1) is 0 Å². The zero-order valence-corrected chi connectivity index (χ0v) is 12.2. The molecule has 0 saturated carbocycles. The summed E-state index contributed by atoms with van der Waals surface area (Å²) in [4.78, 5) is 0. The Morgan fingerprint density at radius 2 is 2.17 bits per heavy atom. The first kappa shape index (κ1) is 15.5. The fourth-order valence-corrected chi connectivity index (χ4v) is 2.46. The second-order valence-corrected chi connectivity index (χ2v) is 4.88. The lowest BCUT2D eigenvalue weighted by Crippen LogP contribution is -2.44. The Hall–Kier alpha value is -0.540. The minimum absolute atomic E-state index is 0.277. The third-order valence-electron chi connectivity index (χ3n) is 3.30. The van der Waals surface area contributed by atoms with Gasteiger partial charge < -0.3 is 14.8 Å². The van der Waals surface area contributed by atoms with Crippen molar-refractivity contribution in [1.82, 2.24) is 5.32 Å². The predicted octanol–water partition coefficient (Wildman–Crippen LogP) is 3.25. The average Bonchev–Trinajstić information content (AvgIpc) is 2.41. The third kappa shape index (κ3) is 4.99. The summed E-state index contributed by atoms with van der Waals surface area (Å²) in [6, 6.07) is 0.324. The lowest BCUT2D eigenvalue weighted by Gasteiger charge is -2.31. The van der Waals surface area contributed by atoms with Crippen LogP contribution in [0, 0.1) is 0 Å². The summed E-state index contributed by atoms with van der Waals surface area (Å²) in [5.74, 6) is 0. The first-order valence-electron chi connectivity index (χ1n) is 7.48. The minimum Gasteiger partial charge on any atom is -0.501 e. The van der Waals surface area contributed by atoms with Gasteiger partial charge in [0.2, 0.25) is 0 Å². The molecule has 2 unspecified atom stereocenters. The van der Waals surface area contributed by atoms with Gasteiger partial charge in [0.25, 0.3) is 0 Å². The Kier molecular flexibility index (Phi) is 8.10. The van der Waals surface area contributed by atoms with Gasteiger partial charge in [-0.2, -0.15) is 0 Å². The molecule has 0 bridgehead atoms. The molecule has 2 atom stereocenters. The highest BCUT2D eigenvalue weighted by Gasteiger charge is 2.25. The van der Waals surface area contributed by atoms with E-state index in [0.29, 0.717) is 6.04 Å². The molecule has 0 fully saturated rings. The summed E-state index contributed by atoms with van der Waals surface area (Å²) in [6.07, 6.45) is 7.90. The minimum atomic E-state index is 0.277. The summed E-state index contributed by atoms with van der Waals surface area (Å²) in [7, 11) is 0. The van der Waals surface area contributed by atoms with Crippen molar-refractivity contribution in [3.8, 4) is 0 Å². The molecule has 1 rings (SSSR count). The molecule has 1 aliphatic rings. The van der Waals surface area contributed by atoms with Crippen LogP contribution in [0.25, 0.3) is 0 Å². The van der Waals surface area contributed by atoms with Crippen molar-refractivity contribution in [1.29, 1.82) is 0 Å². The van der Waals surface area contributed by atoms with E-state index in [1.807, 2.05) is 6.26 Å². The molecule has 0 aliphatic carbocycles. The van der Waals surface area contributed by atoms with Crippen LogP contribution < -0.4 is 5.32 Å². The monoisotopic (exact) mass is 255 g/mol. The number of hydrogen-bond acceptors (Lipinski definition) is 3. The molecule has 0 radical (unpaired) electrons. The first-order valence-corrected chi connectivity index (χ1v) is 7.48. The normalized spacial score (nSPS) is 18.9. The van der Waals surface area contributed by atoms with E-state index in [1.54, 1.807) is 0 Å². The van der Waals surface area contributed by atoms with Crippen LogP contribution >= 0.6 is 0 Å². The van der Waals surface area contributed by atoms with Gasteiger partial charge in [0.15, 0.2) is 0 Å². The van der Waals surface area contributed by atoms with Crippen LogP contribution in [0.1, 0.15) is 52.9 Å². The fourth-order valence-electron chi connectivity index (χ4n) is 2.46. The van der Waals surface area contributed by atoms with Crippen LogP contribution in [0.15, 0.2) is 11.8 Å². The van der Waals surface area contributed by atoms with Gasteiger partial charge in [-0.1, -0.05) is 20.3 Å². The van der Waals surface area contributed by atoms with E-state index < -0.39 is 0 Å². The van der Waals surface area contributed by atoms with Crippen LogP contribution in [0.3, 0.4) is 0 Å². The quantitative estimate of drug-likeness (QED) is 0.686. The molecular formula is C15H29NO2. The second-order valence-electron chi connectivity index (χ2n) is 4.88. The van der Waals surface area contributed by atoms with Crippen molar-refractivity contribution in [3.05, 3.63) is 11.8 Å². The maximum Gasteiger partial charge on any atom is 0.0876 e. The van der Waals surface area contributed by atoms with E-state index in [-0.39, 0.29) is 6.10 Å². The molecule has 0 aromatic rings. The first-order chi connectivity index (χ1) is 8.83. The lowest BCUT2D eigenvalue weighted by molar-refractivity contribution is 0.0338. The molecule has 3 heteroatoms. The van der Waals surface area contributed by atoms with E-state index in [9.17, 15) is 0 Å². The largest absolute Gasteiger partial charge is 0.501 e. The SMILES string of the molecule is CCCNC(C1=COCCC1)C(CCC)OCC. The highest BCUT2D eigenvalue weighted by molar-refractivity contribution is 5.12. The Morgan fingerprint density at radius 1 is 1.33 bits per heavy atom. The van der Waals surface area contributed by atoms with Gasteiger partial charge in [0, 0.05) is 6.61 Å². The van der Waals surface area contributed by atoms with Gasteiger partial charge in [0.05, 0.1) is 25.0 Å². The molecule has 0 aromatic heterocycles. The van der Waals surface area contributed by atoms with E-state index in [4.69, 9.17) is 9.47 Å². The fraction of sp³-hybridized carbons (Fsp3) is 0.867.